The van der Waals surface area contributed by atoms with E-state index in [0.29, 0.717) is 15.7 Å². The van der Waals surface area contributed by atoms with Gasteiger partial charge in [-0.3, -0.25) is 4.79 Å². The number of hydrogen-bond donors (Lipinski definition) is 2. The van der Waals surface area contributed by atoms with Crippen molar-refractivity contribution in [1.29, 1.82) is 0 Å². The molecule has 0 unspecified atom stereocenters. The van der Waals surface area contributed by atoms with Crippen molar-refractivity contribution in [2.75, 3.05) is 17.2 Å². The molecule has 0 bridgehead atoms. The SMILES string of the molecule is Cc1cc(NCC(=O)Nc2ccc(Cl)c(Cl)c2)ccc1Br. The van der Waals surface area contributed by atoms with E-state index >= 15 is 0 Å². The number of rotatable bonds is 4. The van der Waals surface area contributed by atoms with E-state index in [1.165, 1.54) is 0 Å². The average Bonchev–Trinajstić information content (AvgIpc) is 2.44. The maximum atomic E-state index is 11.9. The van der Waals surface area contributed by atoms with Gasteiger partial charge in [0.15, 0.2) is 0 Å². The Kier molecular flexibility index (Phi) is 5.51. The van der Waals surface area contributed by atoms with E-state index in [1.807, 2.05) is 25.1 Å². The summed E-state index contributed by atoms with van der Waals surface area (Å²) in [6, 6.07) is 10.8. The zero-order chi connectivity index (χ0) is 15.4. The van der Waals surface area contributed by atoms with E-state index in [4.69, 9.17) is 23.2 Å². The molecule has 21 heavy (non-hydrogen) atoms. The molecule has 1 amide bonds. The highest BCUT2D eigenvalue weighted by molar-refractivity contribution is 9.10. The highest BCUT2D eigenvalue weighted by Crippen LogP contribution is 2.25. The predicted octanol–water partition coefficient (Wildman–Crippen LogP) is 5.11. The Morgan fingerprint density at radius 3 is 2.48 bits per heavy atom. The van der Waals surface area contributed by atoms with Crippen LogP contribution in [0.5, 0.6) is 0 Å². The number of aryl methyl sites for hydroxylation is 1. The number of amides is 1. The Balaban J connectivity index is 1.92. The third-order valence-electron chi connectivity index (χ3n) is 2.81. The van der Waals surface area contributed by atoms with E-state index in [1.54, 1.807) is 18.2 Å². The first-order valence-corrected chi connectivity index (χ1v) is 7.75. The minimum atomic E-state index is -0.158. The summed E-state index contributed by atoms with van der Waals surface area (Å²) in [4.78, 5) is 11.9. The fourth-order valence-electron chi connectivity index (χ4n) is 1.72. The second-order valence-electron chi connectivity index (χ2n) is 4.49. The highest BCUT2D eigenvalue weighted by Gasteiger charge is 2.05. The first-order valence-electron chi connectivity index (χ1n) is 6.20. The molecule has 2 rings (SSSR count). The van der Waals surface area contributed by atoms with E-state index in [-0.39, 0.29) is 12.5 Å². The molecule has 2 aromatic carbocycles. The van der Waals surface area contributed by atoms with Gasteiger partial charge in [0, 0.05) is 15.8 Å². The maximum absolute atomic E-state index is 11.9. The van der Waals surface area contributed by atoms with Gasteiger partial charge in [-0.2, -0.15) is 0 Å². The number of benzene rings is 2. The van der Waals surface area contributed by atoms with Crippen molar-refractivity contribution in [3.05, 3.63) is 56.5 Å². The summed E-state index contributed by atoms with van der Waals surface area (Å²) in [6.07, 6.45) is 0. The van der Waals surface area contributed by atoms with Crippen molar-refractivity contribution >= 4 is 56.4 Å². The van der Waals surface area contributed by atoms with Gasteiger partial charge in [-0.1, -0.05) is 39.1 Å². The van der Waals surface area contributed by atoms with Crippen LogP contribution in [0.15, 0.2) is 40.9 Å². The van der Waals surface area contributed by atoms with E-state index in [0.717, 1.165) is 15.7 Å². The van der Waals surface area contributed by atoms with Crippen molar-refractivity contribution in [3.8, 4) is 0 Å². The predicted molar refractivity (Wildman–Crippen MR) is 92.5 cm³/mol. The summed E-state index contributed by atoms with van der Waals surface area (Å²) in [5.41, 5.74) is 2.60. The standard InChI is InChI=1S/C15H13BrCl2N2O/c1-9-6-10(2-4-12(9)16)19-8-15(21)20-11-3-5-13(17)14(18)7-11/h2-7,19H,8H2,1H3,(H,20,21). The van der Waals surface area contributed by atoms with Crippen LogP contribution in [0.25, 0.3) is 0 Å². The second kappa shape index (κ2) is 7.16. The molecule has 110 valence electrons. The Morgan fingerprint density at radius 1 is 1.10 bits per heavy atom. The quantitative estimate of drug-likeness (QED) is 0.764. The number of nitrogens with one attached hydrogen (secondary N) is 2. The lowest BCUT2D eigenvalue weighted by Gasteiger charge is -2.09. The van der Waals surface area contributed by atoms with Gasteiger partial charge in [0.05, 0.1) is 16.6 Å². The van der Waals surface area contributed by atoms with Gasteiger partial charge in [-0.05, 0) is 48.9 Å². The average molecular weight is 388 g/mol. The van der Waals surface area contributed by atoms with Crippen LogP contribution < -0.4 is 10.6 Å². The molecule has 3 nitrogen and oxygen atoms in total. The summed E-state index contributed by atoms with van der Waals surface area (Å²) in [6.45, 7) is 2.16. The molecule has 0 aliphatic rings. The lowest BCUT2D eigenvalue weighted by Crippen LogP contribution is -2.21. The highest BCUT2D eigenvalue weighted by atomic mass is 79.9. The Hall–Kier alpha value is -1.23. The van der Waals surface area contributed by atoms with Crippen molar-refractivity contribution in [2.24, 2.45) is 0 Å². The second-order valence-corrected chi connectivity index (χ2v) is 6.16. The number of halogens is 3. The Bertz CT molecular complexity index is 677. The van der Waals surface area contributed by atoms with E-state index in [9.17, 15) is 4.79 Å². The fraction of sp³-hybridized carbons (Fsp3) is 0.133. The number of hydrogen-bond acceptors (Lipinski definition) is 2. The van der Waals surface area contributed by atoms with Crippen molar-refractivity contribution < 1.29 is 4.79 Å². The Labute approximate surface area is 141 Å². The molecule has 0 saturated heterocycles. The first-order chi connectivity index (χ1) is 9.95. The molecule has 0 atom stereocenters. The molecule has 0 fully saturated rings. The zero-order valence-electron chi connectivity index (χ0n) is 11.2. The van der Waals surface area contributed by atoms with Crippen LogP contribution in [0.4, 0.5) is 11.4 Å². The summed E-state index contributed by atoms with van der Waals surface area (Å²) in [5, 5.41) is 6.68. The van der Waals surface area contributed by atoms with Gasteiger partial charge in [-0.25, -0.2) is 0 Å². The smallest absolute Gasteiger partial charge is 0.243 e. The monoisotopic (exact) mass is 386 g/mol. The van der Waals surface area contributed by atoms with Crippen LogP contribution in [0.3, 0.4) is 0 Å². The van der Waals surface area contributed by atoms with Crippen LogP contribution in [-0.2, 0) is 4.79 Å². The molecular weight excluding hydrogens is 375 g/mol. The van der Waals surface area contributed by atoms with Gasteiger partial charge in [0.2, 0.25) is 5.91 Å². The number of anilines is 2. The number of carbonyl (C=O) groups excluding carboxylic acids is 1. The normalized spacial score (nSPS) is 10.3. The van der Waals surface area contributed by atoms with Crippen LogP contribution >= 0.6 is 39.1 Å². The van der Waals surface area contributed by atoms with Crippen molar-refractivity contribution in [1.82, 2.24) is 0 Å². The minimum absolute atomic E-state index is 0.158. The zero-order valence-corrected chi connectivity index (χ0v) is 14.3. The van der Waals surface area contributed by atoms with Gasteiger partial charge in [-0.15, -0.1) is 0 Å². The van der Waals surface area contributed by atoms with Gasteiger partial charge < -0.3 is 10.6 Å². The molecule has 0 aliphatic carbocycles. The van der Waals surface area contributed by atoms with Crippen LogP contribution in [0, 0.1) is 6.92 Å². The molecule has 0 radical (unpaired) electrons. The summed E-state index contributed by atoms with van der Waals surface area (Å²) in [7, 11) is 0. The molecule has 6 heteroatoms. The third-order valence-corrected chi connectivity index (χ3v) is 4.44. The summed E-state index contributed by atoms with van der Waals surface area (Å²) >= 11 is 15.2. The molecule has 0 saturated carbocycles. The van der Waals surface area contributed by atoms with Gasteiger partial charge >= 0.3 is 0 Å². The first kappa shape index (κ1) is 16.1. The molecule has 0 aliphatic heterocycles. The van der Waals surface area contributed by atoms with Gasteiger partial charge in [0.25, 0.3) is 0 Å². The molecule has 0 heterocycles. The van der Waals surface area contributed by atoms with Gasteiger partial charge in [0.1, 0.15) is 0 Å². The Morgan fingerprint density at radius 2 is 1.81 bits per heavy atom. The van der Waals surface area contributed by atoms with Crippen LogP contribution in [0.2, 0.25) is 10.0 Å². The molecule has 0 aromatic heterocycles. The van der Waals surface area contributed by atoms with Crippen LogP contribution in [-0.4, -0.2) is 12.5 Å². The van der Waals surface area contributed by atoms with E-state index < -0.39 is 0 Å². The molecule has 2 N–H and O–H groups in total. The largest absolute Gasteiger partial charge is 0.376 e. The lowest BCUT2D eigenvalue weighted by atomic mass is 10.2. The topological polar surface area (TPSA) is 41.1 Å². The number of carbonyl (C=O) groups is 1. The molecule has 2 aromatic rings. The summed E-state index contributed by atoms with van der Waals surface area (Å²) in [5.74, 6) is -0.158. The van der Waals surface area contributed by atoms with E-state index in [2.05, 4.69) is 26.6 Å². The molecular formula is C15H13BrCl2N2O. The maximum Gasteiger partial charge on any atom is 0.243 e. The minimum Gasteiger partial charge on any atom is -0.376 e. The fourth-order valence-corrected chi connectivity index (χ4v) is 2.26. The van der Waals surface area contributed by atoms with Crippen molar-refractivity contribution in [3.63, 3.8) is 0 Å². The third kappa shape index (κ3) is 4.63. The summed E-state index contributed by atoms with van der Waals surface area (Å²) < 4.78 is 1.04. The van der Waals surface area contributed by atoms with Crippen molar-refractivity contribution in [2.45, 2.75) is 6.92 Å². The van der Waals surface area contributed by atoms with Crippen LogP contribution in [0.1, 0.15) is 5.56 Å². The molecule has 0 spiro atoms. The lowest BCUT2D eigenvalue weighted by molar-refractivity contribution is -0.114.